The van der Waals surface area contributed by atoms with Gasteiger partial charge in [-0.1, -0.05) is 11.6 Å². The van der Waals surface area contributed by atoms with Crippen LogP contribution in [0.5, 0.6) is 11.5 Å². The fourth-order valence-electron chi connectivity index (χ4n) is 1.52. The SMILES string of the molecule is COc1cc(C(C)C(=O)O)c(Cl)cc1OC(C)C. The van der Waals surface area contributed by atoms with Crippen molar-refractivity contribution in [2.24, 2.45) is 0 Å². The van der Waals surface area contributed by atoms with Gasteiger partial charge in [0.2, 0.25) is 0 Å². The van der Waals surface area contributed by atoms with E-state index < -0.39 is 11.9 Å². The smallest absolute Gasteiger partial charge is 0.310 e. The highest BCUT2D eigenvalue weighted by molar-refractivity contribution is 6.31. The van der Waals surface area contributed by atoms with Crippen LogP contribution < -0.4 is 9.47 Å². The molecule has 1 aromatic carbocycles. The maximum absolute atomic E-state index is 11.0. The Balaban J connectivity index is 3.21. The van der Waals surface area contributed by atoms with E-state index in [-0.39, 0.29) is 6.10 Å². The van der Waals surface area contributed by atoms with Gasteiger partial charge in [-0.05, 0) is 32.4 Å². The first-order valence-corrected chi connectivity index (χ1v) is 6.01. The van der Waals surface area contributed by atoms with Gasteiger partial charge in [-0.15, -0.1) is 0 Å². The predicted octanol–water partition coefficient (Wildman–Crippen LogP) is 3.32. The molecule has 0 aliphatic carbocycles. The lowest BCUT2D eigenvalue weighted by atomic mass is 10.0. The number of rotatable bonds is 5. The Hall–Kier alpha value is -1.42. The van der Waals surface area contributed by atoms with Crippen molar-refractivity contribution in [2.75, 3.05) is 7.11 Å². The van der Waals surface area contributed by atoms with E-state index in [1.807, 2.05) is 13.8 Å². The normalized spacial score (nSPS) is 12.3. The number of aliphatic carboxylic acids is 1. The molecular weight excluding hydrogens is 256 g/mol. The number of carbonyl (C=O) groups is 1. The lowest BCUT2D eigenvalue weighted by Gasteiger charge is -2.17. The first-order valence-electron chi connectivity index (χ1n) is 5.63. The predicted molar refractivity (Wildman–Crippen MR) is 69.8 cm³/mol. The summed E-state index contributed by atoms with van der Waals surface area (Å²) in [6.07, 6.45) is -0.0160. The molecule has 0 heterocycles. The van der Waals surface area contributed by atoms with Crippen LogP contribution in [0.25, 0.3) is 0 Å². The summed E-state index contributed by atoms with van der Waals surface area (Å²) in [5.41, 5.74) is 0.511. The Bertz CT molecular complexity index is 443. The van der Waals surface area contributed by atoms with Gasteiger partial charge in [0.1, 0.15) is 0 Å². The first-order chi connectivity index (χ1) is 8.36. The van der Waals surface area contributed by atoms with Crippen molar-refractivity contribution in [1.29, 1.82) is 0 Å². The summed E-state index contributed by atoms with van der Waals surface area (Å²) in [5, 5.41) is 9.37. The number of methoxy groups -OCH3 is 1. The number of ether oxygens (including phenoxy) is 2. The second kappa shape index (κ2) is 5.96. The Morgan fingerprint density at radius 2 is 1.89 bits per heavy atom. The number of benzene rings is 1. The Labute approximate surface area is 111 Å². The molecule has 1 rings (SSSR count). The van der Waals surface area contributed by atoms with E-state index in [1.165, 1.54) is 7.11 Å². The minimum Gasteiger partial charge on any atom is -0.493 e. The third-order valence-electron chi connectivity index (χ3n) is 2.48. The topological polar surface area (TPSA) is 55.8 Å². The van der Waals surface area contributed by atoms with E-state index in [9.17, 15) is 4.79 Å². The zero-order valence-electron chi connectivity index (χ0n) is 10.9. The highest BCUT2D eigenvalue weighted by atomic mass is 35.5. The van der Waals surface area contributed by atoms with Crippen LogP contribution in [0.2, 0.25) is 5.02 Å². The van der Waals surface area contributed by atoms with Crippen LogP contribution in [0.1, 0.15) is 32.3 Å². The maximum Gasteiger partial charge on any atom is 0.310 e. The third kappa shape index (κ3) is 3.29. The molecule has 1 unspecified atom stereocenters. The van der Waals surface area contributed by atoms with Crippen LogP contribution in [0.15, 0.2) is 12.1 Å². The lowest BCUT2D eigenvalue weighted by Crippen LogP contribution is -2.10. The van der Waals surface area contributed by atoms with Crippen LogP contribution in [0.4, 0.5) is 0 Å². The molecule has 4 nitrogen and oxygen atoms in total. The summed E-state index contributed by atoms with van der Waals surface area (Å²) in [6.45, 7) is 5.36. The van der Waals surface area contributed by atoms with Crippen molar-refractivity contribution >= 4 is 17.6 Å². The molecule has 0 spiro atoms. The van der Waals surface area contributed by atoms with Crippen molar-refractivity contribution in [3.63, 3.8) is 0 Å². The lowest BCUT2D eigenvalue weighted by molar-refractivity contribution is -0.138. The molecule has 0 aromatic heterocycles. The van der Waals surface area contributed by atoms with E-state index in [2.05, 4.69) is 0 Å². The van der Waals surface area contributed by atoms with E-state index in [1.54, 1.807) is 19.1 Å². The van der Waals surface area contributed by atoms with Crippen LogP contribution in [-0.4, -0.2) is 24.3 Å². The number of hydrogen-bond acceptors (Lipinski definition) is 3. The number of halogens is 1. The van der Waals surface area contributed by atoms with Crippen molar-refractivity contribution < 1.29 is 19.4 Å². The van der Waals surface area contributed by atoms with Gasteiger partial charge in [0.05, 0.1) is 19.1 Å². The van der Waals surface area contributed by atoms with Gasteiger partial charge < -0.3 is 14.6 Å². The standard InChI is InChI=1S/C13H17ClO4/c1-7(2)18-12-6-10(14)9(5-11(12)17-4)8(3)13(15)16/h5-8H,1-4H3,(H,15,16). The van der Waals surface area contributed by atoms with Crippen molar-refractivity contribution in [3.8, 4) is 11.5 Å². The Morgan fingerprint density at radius 1 is 1.28 bits per heavy atom. The molecule has 0 radical (unpaired) electrons. The van der Waals surface area contributed by atoms with Gasteiger partial charge in [0.25, 0.3) is 0 Å². The molecule has 1 N–H and O–H groups in total. The van der Waals surface area contributed by atoms with Gasteiger partial charge >= 0.3 is 5.97 Å². The molecule has 0 amide bonds. The zero-order chi connectivity index (χ0) is 13.9. The fourth-order valence-corrected chi connectivity index (χ4v) is 1.84. The van der Waals surface area contributed by atoms with E-state index in [0.717, 1.165) is 0 Å². The highest BCUT2D eigenvalue weighted by Gasteiger charge is 2.20. The first kappa shape index (κ1) is 14.6. The highest BCUT2D eigenvalue weighted by Crippen LogP contribution is 2.37. The van der Waals surface area contributed by atoms with Crippen molar-refractivity contribution in [3.05, 3.63) is 22.7 Å². The molecular formula is C13H17ClO4. The Kier molecular flexibility index (Phi) is 4.84. The van der Waals surface area contributed by atoms with E-state index >= 15 is 0 Å². The molecule has 0 aliphatic heterocycles. The van der Waals surface area contributed by atoms with Gasteiger partial charge in [0, 0.05) is 11.1 Å². The van der Waals surface area contributed by atoms with Crippen LogP contribution >= 0.6 is 11.6 Å². The molecule has 0 fully saturated rings. The second-order valence-corrected chi connectivity index (χ2v) is 4.66. The largest absolute Gasteiger partial charge is 0.493 e. The van der Waals surface area contributed by atoms with E-state index in [0.29, 0.717) is 22.1 Å². The summed E-state index contributed by atoms with van der Waals surface area (Å²) >= 11 is 6.08. The molecule has 0 saturated heterocycles. The van der Waals surface area contributed by atoms with Crippen molar-refractivity contribution in [1.82, 2.24) is 0 Å². The fraction of sp³-hybridized carbons (Fsp3) is 0.462. The molecule has 1 aromatic rings. The summed E-state index contributed by atoms with van der Waals surface area (Å²) in [5.74, 6) is -0.633. The molecule has 0 saturated carbocycles. The van der Waals surface area contributed by atoms with Gasteiger partial charge in [-0.2, -0.15) is 0 Å². The molecule has 0 aliphatic rings. The summed E-state index contributed by atoms with van der Waals surface area (Å²) < 4.78 is 10.8. The van der Waals surface area contributed by atoms with Crippen LogP contribution in [-0.2, 0) is 4.79 Å². The second-order valence-electron chi connectivity index (χ2n) is 4.25. The zero-order valence-corrected chi connectivity index (χ0v) is 11.6. The minimum absolute atomic E-state index is 0.0160. The average Bonchev–Trinajstić information content (AvgIpc) is 2.27. The molecule has 1 atom stereocenters. The molecule has 5 heteroatoms. The molecule has 0 bridgehead atoms. The summed E-state index contributed by atoms with van der Waals surface area (Å²) in [4.78, 5) is 11.0. The number of carboxylic acids is 1. The number of carboxylic acid groups (broad SMARTS) is 1. The average molecular weight is 273 g/mol. The van der Waals surface area contributed by atoms with E-state index in [4.69, 9.17) is 26.2 Å². The molecule has 18 heavy (non-hydrogen) atoms. The van der Waals surface area contributed by atoms with Crippen LogP contribution in [0, 0.1) is 0 Å². The minimum atomic E-state index is -0.934. The molecule has 100 valence electrons. The van der Waals surface area contributed by atoms with Crippen LogP contribution in [0.3, 0.4) is 0 Å². The quantitative estimate of drug-likeness (QED) is 0.893. The van der Waals surface area contributed by atoms with Gasteiger partial charge in [-0.3, -0.25) is 4.79 Å². The van der Waals surface area contributed by atoms with Crippen molar-refractivity contribution in [2.45, 2.75) is 32.8 Å². The monoisotopic (exact) mass is 272 g/mol. The van der Waals surface area contributed by atoms with Gasteiger partial charge in [0.15, 0.2) is 11.5 Å². The number of hydrogen-bond donors (Lipinski definition) is 1. The Morgan fingerprint density at radius 3 is 2.33 bits per heavy atom. The maximum atomic E-state index is 11.0. The summed E-state index contributed by atoms with van der Waals surface area (Å²) in [6, 6.07) is 3.20. The third-order valence-corrected chi connectivity index (χ3v) is 2.81. The van der Waals surface area contributed by atoms with Gasteiger partial charge in [-0.25, -0.2) is 0 Å². The summed E-state index contributed by atoms with van der Waals surface area (Å²) in [7, 11) is 1.51.